The third-order valence-electron chi connectivity index (χ3n) is 6.10. The number of rotatable bonds is 13. The number of carbonyl (C=O) groups excluding carboxylic acids is 1. The van der Waals surface area contributed by atoms with Crippen molar-refractivity contribution in [2.24, 2.45) is 0 Å². The van der Waals surface area contributed by atoms with Crippen molar-refractivity contribution in [2.45, 2.75) is 32.2 Å². The molecule has 0 fully saturated rings. The van der Waals surface area contributed by atoms with Gasteiger partial charge in [-0.2, -0.15) is 0 Å². The number of aryl methyl sites for hydroxylation is 1. The first-order valence-electron chi connectivity index (χ1n) is 12.4. The van der Waals surface area contributed by atoms with Crippen LogP contribution in [0, 0.1) is 0 Å². The Morgan fingerprint density at radius 1 is 1.11 bits per heavy atom. The molecule has 6 nitrogen and oxygen atoms in total. The Kier molecular flexibility index (Phi) is 9.22. The van der Waals surface area contributed by atoms with Gasteiger partial charge in [-0.05, 0) is 54.3 Å². The molecule has 0 radical (unpaired) electrons. The fourth-order valence-corrected chi connectivity index (χ4v) is 4.49. The molecule has 1 heterocycles. The molecule has 4 aromatic rings. The SMILES string of the molecule is C=CCc1ccc(OCCCn2c(CCNC(=O)Cc3ccccc3Cl)nc3ccccc32)c(OC)c1. The minimum atomic E-state index is -0.0581. The molecular weight excluding hydrogens is 486 g/mol. The summed E-state index contributed by atoms with van der Waals surface area (Å²) < 4.78 is 13.8. The number of methoxy groups -OCH3 is 1. The molecule has 192 valence electrons. The summed E-state index contributed by atoms with van der Waals surface area (Å²) >= 11 is 6.19. The Morgan fingerprint density at radius 2 is 1.92 bits per heavy atom. The van der Waals surface area contributed by atoms with Crippen LogP contribution in [0.2, 0.25) is 5.02 Å². The summed E-state index contributed by atoms with van der Waals surface area (Å²) in [5.41, 5.74) is 3.97. The van der Waals surface area contributed by atoms with E-state index in [0.717, 1.165) is 58.9 Å². The maximum atomic E-state index is 12.4. The predicted octanol–water partition coefficient (Wildman–Crippen LogP) is 5.80. The molecule has 1 amide bonds. The Hall–Kier alpha value is -3.77. The van der Waals surface area contributed by atoms with E-state index in [4.69, 9.17) is 26.1 Å². The molecule has 0 bridgehead atoms. The van der Waals surface area contributed by atoms with Gasteiger partial charge in [0.2, 0.25) is 5.91 Å². The standard InChI is InChI=1S/C30H32ClN3O3/c1-3-9-22-14-15-27(28(20-22)36-2)37-19-8-18-34-26-13-7-6-12-25(26)33-29(34)16-17-32-30(35)21-23-10-4-5-11-24(23)31/h3-7,10-15,20H,1,8-9,16-19,21H2,2H3,(H,32,35). The van der Waals surface area contributed by atoms with Gasteiger partial charge >= 0.3 is 0 Å². The number of ether oxygens (including phenoxy) is 2. The molecular formula is C30H32ClN3O3. The number of fused-ring (bicyclic) bond motifs is 1. The van der Waals surface area contributed by atoms with Gasteiger partial charge in [-0.15, -0.1) is 6.58 Å². The van der Waals surface area contributed by atoms with Crippen LogP contribution in [0.25, 0.3) is 11.0 Å². The number of para-hydroxylation sites is 2. The predicted molar refractivity (Wildman–Crippen MR) is 149 cm³/mol. The van der Waals surface area contributed by atoms with Gasteiger partial charge in [0.1, 0.15) is 5.82 Å². The van der Waals surface area contributed by atoms with Gasteiger partial charge in [0.25, 0.3) is 0 Å². The lowest BCUT2D eigenvalue weighted by molar-refractivity contribution is -0.120. The molecule has 3 aromatic carbocycles. The zero-order chi connectivity index (χ0) is 26.0. The van der Waals surface area contributed by atoms with E-state index < -0.39 is 0 Å². The molecule has 0 aliphatic rings. The quantitative estimate of drug-likeness (QED) is 0.180. The number of nitrogens with zero attached hydrogens (tertiary/aromatic N) is 2. The van der Waals surface area contributed by atoms with Gasteiger partial charge in [-0.1, -0.05) is 54.1 Å². The summed E-state index contributed by atoms with van der Waals surface area (Å²) in [5, 5.41) is 3.60. The van der Waals surface area contributed by atoms with Crippen LogP contribution >= 0.6 is 11.6 Å². The summed E-state index contributed by atoms with van der Waals surface area (Å²) in [6.45, 7) is 5.58. The molecule has 1 N–H and O–H groups in total. The van der Waals surface area contributed by atoms with E-state index in [9.17, 15) is 4.79 Å². The summed E-state index contributed by atoms with van der Waals surface area (Å²) in [5.74, 6) is 2.33. The van der Waals surface area contributed by atoms with E-state index in [-0.39, 0.29) is 12.3 Å². The summed E-state index contributed by atoms with van der Waals surface area (Å²) in [6.07, 6.45) is 4.33. The highest BCUT2D eigenvalue weighted by Crippen LogP contribution is 2.28. The minimum absolute atomic E-state index is 0.0581. The van der Waals surface area contributed by atoms with Crippen LogP contribution in [-0.4, -0.2) is 35.7 Å². The number of aromatic nitrogens is 2. The molecule has 0 aliphatic heterocycles. The first kappa shape index (κ1) is 26.3. The second kappa shape index (κ2) is 13.0. The molecule has 0 atom stereocenters. The minimum Gasteiger partial charge on any atom is -0.493 e. The number of imidazole rings is 1. The Bertz CT molecular complexity index is 1370. The molecule has 7 heteroatoms. The zero-order valence-electron chi connectivity index (χ0n) is 21.1. The average molecular weight is 518 g/mol. The first-order valence-corrected chi connectivity index (χ1v) is 12.8. The van der Waals surface area contributed by atoms with E-state index in [2.05, 4.69) is 22.5 Å². The number of halogens is 1. The number of amides is 1. The molecule has 0 spiro atoms. The number of nitrogens with one attached hydrogen (secondary N) is 1. The van der Waals surface area contributed by atoms with Crippen molar-refractivity contribution in [3.05, 3.63) is 101 Å². The number of hydrogen-bond donors (Lipinski definition) is 1. The van der Waals surface area contributed by atoms with Crippen LogP contribution in [0.1, 0.15) is 23.4 Å². The topological polar surface area (TPSA) is 65.4 Å². The van der Waals surface area contributed by atoms with Crippen molar-refractivity contribution in [1.29, 1.82) is 0 Å². The van der Waals surface area contributed by atoms with Crippen LogP contribution in [0.5, 0.6) is 11.5 Å². The molecule has 0 unspecified atom stereocenters. The summed E-state index contributed by atoms with van der Waals surface area (Å²) in [7, 11) is 1.65. The van der Waals surface area contributed by atoms with Gasteiger partial charge in [-0.3, -0.25) is 4.79 Å². The Labute approximate surface area is 222 Å². The van der Waals surface area contributed by atoms with E-state index >= 15 is 0 Å². The van der Waals surface area contributed by atoms with Crippen molar-refractivity contribution in [2.75, 3.05) is 20.3 Å². The molecule has 4 rings (SSSR count). The summed E-state index contributed by atoms with van der Waals surface area (Å²) in [4.78, 5) is 17.3. The fourth-order valence-electron chi connectivity index (χ4n) is 4.29. The third-order valence-corrected chi connectivity index (χ3v) is 6.47. The monoisotopic (exact) mass is 517 g/mol. The number of allylic oxidation sites excluding steroid dienone is 1. The largest absolute Gasteiger partial charge is 0.493 e. The lowest BCUT2D eigenvalue weighted by Gasteiger charge is -2.13. The second-order valence-corrected chi connectivity index (χ2v) is 9.12. The van der Waals surface area contributed by atoms with E-state index in [0.29, 0.717) is 24.6 Å². The van der Waals surface area contributed by atoms with Crippen LogP contribution in [0.15, 0.2) is 79.4 Å². The highest BCUT2D eigenvalue weighted by atomic mass is 35.5. The maximum Gasteiger partial charge on any atom is 0.224 e. The second-order valence-electron chi connectivity index (χ2n) is 8.72. The average Bonchev–Trinajstić information content (AvgIpc) is 3.26. The summed E-state index contributed by atoms with van der Waals surface area (Å²) in [6, 6.07) is 21.5. The zero-order valence-corrected chi connectivity index (χ0v) is 21.8. The van der Waals surface area contributed by atoms with Crippen molar-refractivity contribution in [1.82, 2.24) is 14.9 Å². The number of benzene rings is 3. The highest BCUT2D eigenvalue weighted by molar-refractivity contribution is 6.31. The number of carbonyl (C=O) groups is 1. The van der Waals surface area contributed by atoms with Gasteiger partial charge in [0, 0.05) is 24.5 Å². The Morgan fingerprint density at radius 3 is 2.73 bits per heavy atom. The first-order chi connectivity index (χ1) is 18.1. The van der Waals surface area contributed by atoms with Crippen LogP contribution in [-0.2, 0) is 30.6 Å². The van der Waals surface area contributed by atoms with Crippen molar-refractivity contribution >= 4 is 28.5 Å². The van der Waals surface area contributed by atoms with Crippen LogP contribution in [0.3, 0.4) is 0 Å². The van der Waals surface area contributed by atoms with Gasteiger partial charge in [-0.25, -0.2) is 4.98 Å². The normalized spacial score (nSPS) is 10.9. The lowest BCUT2D eigenvalue weighted by atomic mass is 10.1. The van der Waals surface area contributed by atoms with E-state index in [1.54, 1.807) is 13.2 Å². The van der Waals surface area contributed by atoms with E-state index in [1.165, 1.54) is 0 Å². The van der Waals surface area contributed by atoms with E-state index in [1.807, 2.05) is 60.7 Å². The Balaban J connectivity index is 1.35. The van der Waals surface area contributed by atoms with Crippen molar-refractivity contribution in [3.63, 3.8) is 0 Å². The highest BCUT2D eigenvalue weighted by Gasteiger charge is 2.12. The number of hydrogen-bond acceptors (Lipinski definition) is 4. The fraction of sp³-hybridized carbons (Fsp3) is 0.267. The lowest BCUT2D eigenvalue weighted by Crippen LogP contribution is -2.28. The molecule has 1 aromatic heterocycles. The van der Waals surface area contributed by atoms with Crippen LogP contribution < -0.4 is 14.8 Å². The maximum absolute atomic E-state index is 12.4. The molecule has 37 heavy (non-hydrogen) atoms. The smallest absolute Gasteiger partial charge is 0.224 e. The van der Waals surface area contributed by atoms with Crippen LogP contribution in [0.4, 0.5) is 0 Å². The van der Waals surface area contributed by atoms with Crippen molar-refractivity contribution < 1.29 is 14.3 Å². The molecule has 0 saturated heterocycles. The van der Waals surface area contributed by atoms with Crippen molar-refractivity contribution in [3.8, 4) is 11.5 Å². The van der Waals surface area contributed by atoms with Gasteiger partial charge < -0.3 is 19.4 Å². The molecule has 0 aliphatic carbocycles. The third kappa shape index (κ3) is 6.92. The molecule has 0 saturated carbocycles. The van der Waals surface area contributed by atoms with Gasteiger partial charge in [0.15, 0.2) is 11.5 Å². The van der Waals surface area contributed by atoms with Gasteiger partial charge in [0.05, 0.1) is 31.2 Å².